The molecule has 7 nitrogen and oxygen atoms in total. The normalized spacial score (nSPS) is 13.8. The second kappa shape index (κ2) is 6.35. The molecule has 0 bridgehead atoms. The lowest BCUT2D eigenvalue weighted by Gasteiger charge is -2.11. The van der Waals surface area contributed by atoms with E-state index < -0.39 is 0 Å². The van der Waals surface area contributed by atoms with Gasteiger partial charge in [0.15, 0.2) is 12.1 Å². The number of carbonyl (C=O) groups excluding carboxylic acids is 1. The summed E-state index contributed by atoms with van der Waals surface area (Å²) >= 11 is 0. The van der Waals surface area contributed by atoms with Crippen molar-refractivity contribution < 1.29 is 9.21 Å². The van der Waals surface area contributed by atoms with Crippen LogP contribution in [-0.4, -0.2) is 25.4 Å². The van der Waals surface area contributed by atoms with E-state index in [9.17, 15) is 4.79 Å². The Bertz CT molecular complexity index is 1130. The smallest absolute Gasteiger partial charge is 0.273 e. The molecule has 27 heavy (non-hydrogen) atoms. The van der Waals surface area contributed by atoms with E-state index in [0.717, 1.165) is 35.3 Å². The third-order valence-corrected chi connectivity index (χ3v) is 4.75. The topological polar surface area (TPSA) is 85.8 Å². The van der Waals surface area contributed by atoms with Crippen LogP contribution >= 0.6 is 0 Å². The van der Waals surface area contributed by atoms with Crippen LogP contribution in [0.25, 0.3) is 16.9 Å². The van der Waals surface area contributed by atoms with E-state index in [1.54, 1.807) is 12.5 Å². The highest BCUT2D eigenvalue weighted by Gasteiger charge is 2.32. The van der Waals surface area contributed by atoms with E-state index in [0.29, 0.717) is 23.9 Å². The number of aromatic nitrogens is 4. The largest absolute Gasteiger partial charge is 0.447 e. The highest BCUT2D eigenvalue weighted by Crippen LogP contribution is 2.41. The Morgan fingerprint density at radius 1 is 1.15 bits per heavy atom. The molecule has 0 radical (unpaired) electrons. The molecule has 0 atom stereocenters. The van der Waals surface area contributed by atoms with Gasteiger partial charge in [0, 0.05) is 24.2 Å². The van der Waals surface area contributed by atoms with E-state index in [1.807, 2.05) is 41.0 Å². The molecule has 4 aromatic rings. The molecule has 134 valence electrons. The molecule has 0 aliphatic heterocycles. The summed E-state index contributed by atoms with van der Waals surface area (Å²) in [4.78, 5) is 25.6. The van der Waals surface area contributed by atoms with Crippen LogP contribution in [0, 0.1) is 0 Å². The maximum absolute atomic E-state index is 12.6. The SMILES string of the molecule is O=C(NCc1cccnc1-n1cnc2ccccc21)c1ncoc1C1CC1. The number of hydrogen-bond acceptors (Lipinski definition) is 5. The number of imidazole rings is 1. The van der Waals surface area contributed by atoms with Gasteiger partial charge in [-0.05, 0) is 31.0 Å². The first-order valence-corrected chi connectivity index (χ1v) is 8.89. The Morgan fingerprint density at radius 2 is 2.04 bits per heavy atom. The number of amides is 1. The fourth-order valence-corrected chi connectivity index (χ4v) is 3.23. The Labute approximate surface area is 155 Å². The zero-order chi connectivity index (χ0) is 18.2. The molecule has 1 saturated carbocycles. The molecule has 1 amide bonds. The monoisotopic (exact) mass is 359 g/mol. The molecule has 1 fully saturated rings. The van der Waals surface area contributed by atoms with Gasteiger partial charge in [0.1, 0.15) is 17.9 Å². The molecule has 0 spiro atoms. The summed E-state index contributed by atoms with van der Waals surface area (Å²) in [7, 11) is 0. The number of nitrogens with zero attached hydrogens (tertiary/aromatic N) is 4. The van der Waals surface area contributed by atoms with Gasteiger partial charge >= 0.3 is 0 Å². The standard InChI is InChI=1S/C20H17N5O2/c26-20(17-18(13-7-8-13)27-12-24-17)22-10-14-4-3-9-21-19(14)25-11-23-15-5-1-2-6-16(15)25/h1-6,9,11-13H,7-8,10H2,(H,22,26). The molecule has 7 heteroatoms. The molecular weight excluding hydrogens is 342 g/mol. The first-order chi connectivity index (χ1) is 13.3. The zero-order valence-electron chi connectivity index (χ0n) is 14.5. The highest BCUT2D eigenvalue weighted by atomic mass is 16.3. The van der Waals surface area contributed by atoms with Crippen LogP contribution in [0.3, 0.4) is 0 Å². The minimum absolute atomic E-state index is 0.226. The average Bonchev–Trinajstić information content (AvgIpc) is 3.27. The number of hydrogen-bond donors (Lipinski definition) is 1. The molecule has 0 saturated heterocycles. The Morgan fingerprint density at radius 3 is 2.93 bits per heavy atom. The predicted molar refractivity (Wildman–Crippen MR) is 98.5 cm³/mol. The Hall–Kier alpha value is -3.48. The van der Waals surface area contributed by atoms with E-state index in [2.05, 4.69) is 20.3 Å². The molecule has 1 aliphatic rings. The van der Waals surface area contributed by atoms with Gasteiger partial charge in [0.25, 0.3) is 5.91 Å². The van der Waals surface area contributed by atoms with E-state index in [-0.39, 0.29) is 5.91 Å². The fourth-order valence-electron chi connectivity index (χ4n) is 3.23. The molecular formula is C20H17N5O2. The van der Waals surface area contributed by atoms with Crippen molar-refractivity contribution in [2.75, 3.05) is 0 Å². The summed E-state index contributed by atoms with van der Waals surface area (Å²) in [6.45, 7) is 0.339. The highest BCUT2D eigenvalue weighted by molar-refractivity contribution is 5.93. The van der Waals surface area contributed by atoms with Crippen molar-refractivity contribution in [2.45, 2.75) is 25.3 Å². The van der Waals surface area contributed by atoms with Crippen molar-refractivity contribution in [3.8, 4) is 5.82 Å². The second-order valence-corrected chi connectivity index (χ2v) is 6.61. The summed E-state index contributed by atoms with van der Waals surface area (Å²) in [6.07, 6.45) is 6.93. The molecule has 1 aromatic carbocycles. The van der Waals surface area contributed by atoms with Gasteiger partial charge in [-0.2, -0.15) is 0 Å². The minimum Gasteiger partial charge on any atom is -0.447 e. The van der Waals surface area contributed by atoms with E-state index in [1.165, 1.54) is 6.39 Å². The van der Waals surface area contributed by atoms with Crippen LogP contribution < -0.4 is 5.32 Å². The fraction of sp³-hybridized carbons (Fsp3) is 0.200. The van der Waals surface area contributed by atoms with Crippen molar-refractivity contribution in [2.24, 2.45) is 0 Å². The number of nitrogens with one attached hydrogen (secondary N) is 1. The lowest BCUT2D eigenvalue weighted by atomic mass is 10.2. The van der Waals surface area contributed by atoms with Crippen LogP contribution in [0.4, 0.5) is 0 Å². The lowest BCUT2D eigenvalue weighted by molar-refractivity contribution is 0.0944. The van der Waals surface area contributed by atoms with Crippen molar-refractivity contribution in [1.29, 1.82) is 0 Å². The third-order valence-electron chi connectivity index (χ3n) is 4.75. The van der Waals surface area contributed by atoms with E-state index in [4.69, 9.17) is 4.42 Å². The number of benzene rings is 1. The lowest BCUT2D eigenvalue weighted by Crippen LogP contribution is -2.25. The quantitative estimate of drug-likeness (QED) is 0.591. The zero-order valence-corrected chi connectivity index (χ0v) is 14.5. The summed E-state index contributed by atoms with van der Waals surface area (Å²) in [5, 5.41) is 2.94. The van der Waals surface area contributed by atoms with Gasteiger partial charge < -0.3 is 9.73 Å². The minimum atomic E-state index is -0.226. The van der Waals surface area contributed by atoms with E-state index >= 15 is 0 Å². The van der Waals surface area contributed by atoms with Crippen LogP contribution in [0.15, 0.2) is 59.7 Å². The summed E-state index contributed by atoms with van der Waals surface area (Å²) in [5.74, 6) is 1.55. The van der Waals surface area contributed by atoms with Crippen molar-refractivity contribution in [1.82, 2.24) is 24.8 Å². The molecule has 5 rings (SSSR count). The summed E-state index contributed by atoms with van der Waals surface area (Å²) in [6, 6.07) is 11.7. The maximum Gasteiger partial charge on any atom is 0.273 e. The molecule has 3 heterocycles. The van der Waals surface area contributed by atoms with Crippen LogP contribution in [0.1, 0.15) is 40.6 Å². The van der Waals surface area contributed by atoms with Crippen LogP contribution in [0.2, 0.25) is 0 Å². The Kier molecular flexibility index (Phi) is 3.71. The van der Waals surface area contributed by atoms with Crippen LogP contribution in [-0.2, 0) is 6.54 Å². The number of rotatable bonds is 5. The van der Waals surface area contributed by atoms with Gasteiger partial charge in [-0.1, -0.05) is 18.2 Å². The number of fused-ring (bicyclic) bond motifs is 1. The Balaban J connectivity index is 1.41. The molecule has 3 aromatic heterocycles. The molecule has 1 N–H and O–H groups in total. The van der Waals surface area contributed by atoms with Crippen molar-refractivity contribution in [3.05, 3.63) is 72.3 Å². The average molecular weight is 359 g/mol. The summed E-state index contributed by atoms with van der Waals surface area (Å²) in [5.41, 5.74) is 3.15. The number of pyridine rings is 1. The number of carbonyl (C=O) groups is 1. The van der Waals surface area contributed by atoms with Gasteiger partial charge in [0.2, 0.25) is 0 Å². The summed E-state index contributed by atoms with van der Waals surface area (Å²) < 4.78 is 7.33. The van der Waals surface area contributed by atoms with Gasteiger partial charge in [-0.3, -0.25) is 9.36 Å². The van der Waals surface area contributed by atoms with Gasteiger partial charge in [-0.15, -0.1) is 0 Å². The van der Waals surface area contributed by atoms with Crippen molar-refractivity contribution >= 4 is 16.9 Å². The first kappa shape index (κ1) is 15.7. The van der Waals surface area contributed by atoms with Crippen molar-refractivity contribution in [3.63, 3.8) is 0 Å². The maximum atomic E-state index is 12.6. The second-order valence-electron chi connectivity index (χ2n) is 6.61. The van der Waals surface area contributed by atoms with Crippen LogP contribution in [0.5, 0.6) is 0 Å². The molecule has 0 unspecified atom stereocenters. The predicted octanol–water partition coefficient (Wildman–Crippen LogP) is 3.22. The molecule has 1 aliphatic carbocycles. The first-order valence-electron chi connectivity index (χ1n) is 8.89. The number of oxazole rings is 1. The number of para-hydroxylation sites is 2. The van der Waals surface area contributed by atoms with Gasteiger partial charge in [-0.25, -0.2) is 15.0 Å². The third kappa shape index (κ3) is 2.87. The van der Waals surface area contributed by atoms with Gasteiger partial charge in [0.05, 0.1) is 11.0 Å².